The highest BCUT2D eigenvalue weighted by Gasteiger charge is 2.22. The van der Waals surface area contributed by atoms with E-state index >= 15 is 0 Å². The molecule has 102 valence electrons. The maximum absolute atomic E-state index is 12.4. The predicted octanol–water partition coefficient (Wildman–Crippen LogP) is 3.96. The number of amides is 1. The van der Waals surface area contributed by atoms with Crippen LogP contribution < -0.4 is 5.32 Å². The first-order valence-electron chi connectivity index (χ1n) is 6.84. The molecule has 1 N–H and O–H groups in total. The fourth-order valence-electron chi connectivity index (χ4n) is 2.56. The van der Waals surface area contributed by atoms with E-state index in [0.29, 0.717) is 0 Å². The topological polar surface area (TPSA) is 29.1 Å². The second-order valence-electron chi connectivity index (χ2n) is 5.02. The number of carbonyl (C=O) groups is 1. The first kappa shape index (κ1) is 13.3. The number of carbonyl (C=O) groups excluding carboxylic acids is 1. The van der Waals surface area contributed by atoms with Gasteiger partial charge in [-0.3, -0.25) is 4.79 Å². The van der Waals surface area contributed by atoms with Gasteiger partial charge >= 0.3 is 0 Å². The summed E-state index contributed by atoms with van der Waals surface area (Å²) in [6.45, 7) is 1.97. The van der Waals surface area contributed by atoms with Crippen molar-refractivity contribution in [2.24, 2.45) is 0 Å². The minimum atomic E-state index is 0.0230. The second kappa shape index (κ2) is 5.71. The molecule has 0 aliphatic carbocycles. The third-order valence-corrected chi connectivity index (χ3v) is 4.78. The number of hydrogen-bond acceptors (Lipinski definition) is 2. The van der Waals surface area contributed by atoms with Gasteiger partial charge in [-0.25, -0.2) is 0 Å². The first-order valence-corrected chi connectivity index (χ1v) is 7.82. The van der Waals surface area contributed by atoms with E-state index < -0.39 is 0 Å². The fraction of sp³-hybridized carbons (Fsp3) is 0.235. The third-order valence-electron chi connectivity index (χ3n) is 3.65. The Morgan fingerprint density at radius 3 is 2.75 bits per heavy atom. The van der Waals surface area contributed by atoms with Crippen LogP contribution in [0.15, 0.2) is 53.4 Å². The molecular formula is C17H17NOS. The summed E-state index contributed by atoms with van der Waals surface area (Å²) in [5.41, 5.74) is 3.03. The van der Waals surface area contributed by atoms with Gasteiger partial charge in [0.25, 0.3) is 5.91 Å². The summed E-state index contributed by atoms with van der Waals surface area (Å²) in [6.07, 6.45) is 0.985. The van der Waals surface area contributed by atoms with E-state index in [1.165, 1.54) is 10.5 Å². The number of fused-ring (bicyclic) bond motifs is 1. The molecule has 0 spiro atoms. The van der Waals surface area contributed by atoms with Gasteiger partial charge in [0.1, 0.15) is 0 Å². The normalized spacial score (nSPS) is 17.4. The molecule has 3 rings (SSSR count). The molecule has 1 heterocycles. The zero-order valence-electron chi connectivity index (χ0n) is 11.4. The molecule has 2 aromatic rings. The second-order valence-corrected chi connectivity index (χ2v) is 6.15. The average molecular weight is 283 g/mol. The summed E-state index contributed by atoms with van der Waals surface area (Å²) in [5.74, 6) is 1.07. The van der Waals surface area contributed by atoms with Gasteiger partial charge in [0.05, 0.1) is 6.04 Å². The molecule has 0 fully saturated rings. The van der Waals surface area contributed by atoms with Crippen LogP contribution in [0.5, 0.6) is 0 Å². The zero-order valence-corrected chi connectivity index (χ0v) is 12.2. The number of nitrogens with one attached hydrogen (secondary N) is 1. The highest BCUT2D eigenvalue weighted by molar-refractivity contribution is 7.99. The van der Waals surface area contributed by atoms with Crippen molar-refractivity contribution in [3.05, 3.63) is 65.2 Å². The van der Waals surface area contributed by atoms with E-state index in [0.717, 1.165) is 23.3 Å². The lowest BCUT2D eigenvalue weighted by Gasteiger charge is -2.26. The van der Waals surface area contributed by atoms with Crippen molar-refractivity contribution in [1.82, 2.24) is 5.32 Å². The summed E-state index contributed by atoms with van der Waals surface area (Å²) in [5, 5.41) is 3.18. The van der Waals surface area contributed by atoms with Crippen LogP contribution in [-0.4, -0.2) is 11.7 Å². The number of thioether (sulfide) groups is 1. The third kappa shape index (κ3) is 2.59. The Labute approximate surface area is 123 Å². The van der Waals surface area contributed by atoms with Crippen molar-refractivity contribution in [2.75, 3.05) is 5.75 Å². The van der Waals surface area contributed by atoms with Gasteiger partial charge in [-0.2, -0.15) is 0 Å². The molecule has 1 amide bonds. The first-order chi connectivity index (χ1) is 9.75. The summed E-state index contributed by atoms with van der Waals surface area (Å²) < 4.78 is 0. The van der Waals surface area contributed by atoms with Gasteiger partial charge in [-0.05, 0) is 36.6 Å². The molecule has 0 bridgehead atoms. The molecule has 3 heteroatoms. The maximum Gasteiger partial charge on any atom is 0.252 e. The van der Waals surface area contributed by atoms with Crippen molar-refractivity contribution in [3.63, 3.8) is 0 Å². The monoisotopic (exact) mass is 283 g/mol. The minimum Gasteiger partial charge on any atom is -0.345 e. The van der Waals surface area contributed by atoms with E-state index in [-0.39, 0.29) is 11.9 Å². The Balaban J connectivity index is 1.83. The van der Waals surface area contributed by atoms with E-state index in [9.17, 15) is 4.79 Å². The maximum atomic E-state index is 12.4. The largest absolute Gasteiger partial charge is 0.345 e. The van der Waals surface area contributed by atoms with Crippen LogP contribution in [0.25, 0.3) is 0 Å². The molecular weight excluding hydrogens is 266 g/mol. The Morgan fingerprint density at radius 2 is 1.90 bits per heavy atom. The highest BCUT2D eigenvalue weighted by atomic mass is 32.2. The van der Waals surface area contributed by atoms with Crippen LogP contribution in [0.1, 0.15) is 33.9 Å². The molecule has 0 saturated carbocycles. The van der Waals surface area contributed by atoms with Crippen LogP contribution >= 0.6 is 11.8 Å². The predicted molar refractivity (Wildman–Crippen MR) is 83.2 cm³/mol. The van der Waals surface area contributed by atoms with Crippen LogP contribution in [-0.2, 0) is 0 Å². The summed E-state index contributed by atoms with van der Waals surface area (Å²) in [4.78, 5) is 13.7. The Hall–Kier alpha value is -1.74. The minimum absolute atomic E-state index is 0.0230. The molecule has 1 aliphatic heterocycles. The van der Waals surface area contributed by atoms with Gasteiger partial charge < -0.3 is 5.32 Å². The van der Waals surface area contributed by atoms with Crippen molar-refractivity contribution >= 4 is 17.7 Å². The smallest absolute Gasteiger partial charge is 0.252 e. The van der Waals surface area contributed by atoms with E-state index in [1.54, 1.807) is 0 Å². The number of rotatable bonds is 2. The van der Waals surface area contributed by atoms with E-state index in [4.69, 9.17) is 0 Å². The van der Waals surface area contributed by atoms with E-state index in [1.807, 2.05) is 49.0 Å². The van der Waals surface area contributed by atoms with Crippen molar-refractivity contribution in [2.45, 2.75) is 24.3 Å². The molecule has 0 radical (unpaired) electrons. The summed E-state index contributed by atoms with van der Waals surface area (Å²) in [7, 11) is 0. The fourth-order valence-corrected chi connectivity index (χ4v) is 3.68. The van der Waals surface area contributed by atoms with Crippen LogP contribution in [0.3, 0.4) is 0 Å². The van der Waals surface area contributed by atoms with E-state index in [2.05, 4.69) is 23.5 Å². The lowest BCUT2D eigenvalue weighted by Crippen LogP contribution is -2.31. The number of benzene rings is 2. The Morgan fingerprint density at radius 1 is 1.15 bits per heavy atom. The molecule has 1 atom stereocenters. The molecule has 1 unspecified atom stereocenters. The number of aryl methyl sites for hydroxylation is 1. The average Bonchev–Trinajstić information content (AvgIpc) is 2.48. The number of hydrogen-bond donors (Lipinski definition) is 1. The lowest BCUT2D eigenvalue weighted by molar-refractivity contribution is 0.0934. The van der Waals surface area contributed by atoms with Crippen LogP contribution in [0.4, 0.5) is 0 Å². The molecule has 20 heavy (non-hydrogen) atoms. The molecule has 2 aromatic carbocycles. The molecule has 1 aliphatic rings. The quantitative estimate of drug-likeness (QED) is 0.904. The molecule has 0 aromatic heterocycles. The van der Waals surface area contributed by atoms with Gasteiger partial charge in [0.2, 0.25) is 0 Å². The van der Waals surface area contributed by atoms with Crippen LogP contribution in [0, 0.1) is 6.92 Å². The highest BCUT2D eigenvalue weighted by Crippen LogP contribution is 2.35. The Bertz CT molecular complexity index is 638. The lowest BCUT2D eigenvalue weighted by atomic mass is 10.0. The Kier molecular flexibility index (Phi) is 3.79. The van der Waals surface area contributed by atoms with Crippen molar-refractivity contribution in [3.8, 4) is 0 Å². The zero-order chi connectivity index (χ0) is 13.9. The molecule has 0 saturated heterocycles. The van der Waals surface area contributed by atoms with Crippen molar-refractivity contribution in [1.29, 1.82) is 0 Å². The summed E-state index contributed by atoms with van der Waals surface area (Å²) in [6, 6.07) is 16.2. The van der Waals surface area contributed by atoms with Crippen molar-refractivity contribution < 1.29 is 4.79 Å². The molecule has 2 nitrogen and oxygen atoms in total. The van der Waals surface area contributed by atoms with Gasteiger partial charge in [0.15, 0.2) is 0 Å². The SMILES string of the molecule is Cc1ccccc1C(=O)NC1CCSc2ccccc21. The van der Waals surface area contributed by atoms with Crippen LogP contribution in [0.2, 0.25) is 0 Å². The van der Waals surface area contributed by atoms with Gasteiger partial charge in [-0.1, -0.05) is 36.4 Å². The van der Waals surface area contributed by atoms with Gasteiger partial charge in [-0.15, -0.1) is 11.8 Å². The standard InChI is InChI=1S/C17H17NOS/c1-12-6-2-3-7-13(12)17(19)18-15-10-11-20-16-9-5-4-8-14(15)16/h2-9,15H,10-11H2,1H3,(H,18,19). The summed E-state index contributed by atoms with van der Waals surface area (Å²) >= 11 is 1.87. The van der Waals surface area contributed by atoms with Gasteiger partial charge in [0, 0.05) is 16.2 Å².